The van der Waals surface area contributed by atoms with E-state index in [1.165, 1.54) is 4.57 Å². The van der Waals surface area contributed by atoms with Crippen molar-refractivity contribution in [2.24, 2.45) is 7.05 Å². The summed E-state index contributed by atoms with van der Waals surface area (Å²) in [5.74, 6) is 0.152. The fourth-order valence-corrected chi connectivity index (χ4v) is 3.31. The highest BCUT2D eigenvalue weighted by Gasteiger charge is 2.25. The van der Waals surface area contributed by atoms with Crippen LogP contribution in [0, 0.1) is 0 Å². The predicted molar refractivity (Wildman–Crippen MR) is 79.9 cm³/mol. The van der Waals surface area contributed by atoms with E-state index in [0.717, 1.165) is 31.4 Å². The zero-order chi connectivity index (χ0) is 15.0. The van der Waals surface area contributed by atoms with Gasteiger partial charge in [0.15, 0.2) is 0 Å². The molecule has 0 aliphatic heterocycles. The molecule has 0 aromatic carbocycles. The van der Waals surface area contributed by atoms with E-state index in [1.807, 2.05) is 0 Å². The molecule has 1 aliphatic carbocycles. The van der Waals surface area contributed by atoms with Gasteiger partial charge in [0.1, 0.15) is 5.15 Å². The van der Waals surface area contributed by atoms with Gasteiger partial charge in [-0.15, -0.1) is 0 Å². The van der Waals surface area contributed by atoms with E-state index >= 15 is 0 Å². The molecule has 2 aromatic rings. The highest BCUT2D eigenvalue weighted by atomic mass is 35.5. The average molecular weight is 309 g/mol. The van der Waals surface area contributed by atoms with Crippen LogP contribution >= 0.6 is 11.6 Å². The summed E-state index contributed by atoms with van der Waals surface area (Å²) in [5, 5.41) is 4.25. The summed E-state index contributed by atoms with van der Waals surface area (Å²) in [6, 6.07) is 1.79. The maximum atomic E-state index is 12.7. The molecule has 6 nitrogen and oxygen atoms in total. The van der Waals surface area contributed by atoms with E-state index in [2.05, 4.69) is 10.1 Å². The lowest BCUT2D eigenvalue weighted by Crippen LogP contribution is -2.38. The third kappa shape index (κ3) is 2.55. The van der Waals surface area contributed by atoms with E-state index in [1.54, 1.807) is 24.0 Å². The molecule has 7 heteroatoms. The molecule has 0 spiro atoms. The monoisotopic (exact) mass is 308 g/mol. The number of nitrogens with zero attached hydrogens (tertiary/aromatic N) is 3. The van der Waals surface area contributed by atoms with Crippen LogP contribution in [0.15, 0.2) is 21.9 Å². The average Bonchev–Trinajstić information content (AvgIpc) is 3.07. The number of aromatic amines is 1. The SMILES string of the molecule is Cn1nccc1Cn1c(=O)[nH]c(Cl)c(C2CCCC2)c1=O. The van der Waals surface area contributed by atoms with Gasteiger partial charge in [-0.3, -0.25) is 19.0 Å². The first-order chi connectivity index (χ1) is 10.1. The van der Waals surface area contributed by atoms with Crippen LogP contribution in [0.4, 0.5) is 0 Å². The van der Waals surface area contributed by atoms with Crippen molar-refractivity contribution in [3.05, 3.63) is 49.5 Å². The molecule has 3 rings (SSSR count). The van der Waals surface area contributed by atoms with Crippen molar-refractivity contribution in [1.82, 2.24) is 19.3 Å². The summed E-state index contributed by atoms with van der Waals surface area (Å²) in [7, 11) is 1.78. The van der Waals surface area contributed by atoms with Crippen LogP contribution in [0.2, 0.25) is 5.15 Å². The zero-order valence-corrected chi connectivity index (χ0v) is 12.6. The minimum absolute atomic E-state index is 0.152. The molecule has 2 aromatic heterocycles. The topological polar surface area (TPSA) is 72.7 Å². The minimum Gasteiger partial charge on any atom is -0.297 e. The molecule has 0 atom stereocenters. The molecule has 112 valence electrons. The minimum atomic E-state index is -0.479. The van der Waals surface area contributed by atoms with Crippen molar-refractivity contribution in [1.29, 1.82) is 0 Å². The van der Waals surface area contributed by atoms with Crippen molar-refractivity contribution < 1.29 is 0 Å². The van der Waals surface area contributed by atoms with E-state index in [-0.39, 0.29) is 23.2 Å². The number of hydrogen-bond donors (Lipinski definition) is 1. The molecule has 21 heavy (non-hydrogen) atoms. The Labute approximate surface area is 126 Å². The lowest BCUT2D eigenvalue weighted by Gasteiger charge is -2.13. The molecule has 0 amide bonds. The molecule has 0 unspecified atom stereocenters. The van der Waals surface area contributed by atoms with E-state index in [0.29, 0.717) is 5.56 Å². The summed E-state index contributed by atoms with van der Waals surface area (Å²) in [4.78, 5) is 27.3. The van der Waals surface area contributed by atoms with Crippen LogP contribution in [-0.4, -0.2) is 19.3 Å². The van der Waals surface area contributed by atoms with Crippen LogP contribution in [0.1, 0.15) is 42.9 Å². The van der Waals surface area contributed by atoms with Gasteiger partial charge < -0.3 is 0 Å². The smallest absolute Gasteiger partial charge is 0.297 e. The van der Waals surface area contributed by atoms with Gasteiger partial charge in [0, 0.05) is 13.2 Å². The Kier molecular flexibility index (Phi) is 3.71. The molecule has 0 saturated heterocycles. The number of nitrogens with one attached hydrogen (secondary N) is 1. The highest BCUT2D eigenvalue weighted by Crippen LogP contribution is 2.34. The van der Waals surface area contributed by atoms with E-state index < -0.39 is 5.69 Å². The number of H-pyrrole nitrogens is 1. The Balaban J connectivity index is 2.08. The van der Waals surface area contributed by atoms with Gasteiger partial charge in [-0.1, -0.05) is 24.4 Å². The molecular formula is C14H17ClN4O2. The van der Waals surface area contributed by atoms with Gasteiger partial charge in [0.05, 0.1) is 17.8 Å². The van der Waals surface area contributed by atoms with Crippen LogP contribution < -0.4 is 11.2 Å². The fraction of sp³-hybridized carbons (Fsp3) is 0.500. The van der Waals surface area contributed by atoms with Crippen molar-refractivity contribution in [2.75, 3.05) is 0 Å². The molecule has 1 aliphatic rings. The molecule has 1 fully saturated rings. The lowest BCUT2D eigenvalue weighted by molar-refractivity contribution is 0.606. The zero-order valence-electron chi connectivity index (χ0n) is 11.8. The summed E-state index contributed by atoms with van der Waals surface area (Å²) in [6.07, 6.45) is 5.74. The van der Waals surface area contributed by atoms with E-state index in [9.17, 15) is 9.59 Å². The molecular weight excluding hydrogens is 292 g/mol. The Morgan fingerprint density at radius 3 is 2.71 bits per heavy atom. The normalized spacial score (nSPS) is 15.7. The first-order valence-electron chi connectivity index (χ1n) is 7.07. The number of hydrogen-bond acceptors (Lipinski definition) is 3. The van der Waals surface area contributed by atoms with Crippen LogP contribution in [-0.2, 0) is 13.6 Å². The number of aromatic nitrogens is 4. The first-order valence-corrected chi connectivity index (χ1v) is 7.45. The first kappa shape index (κ1) is 14.1. The number of halogens is 1. The van der Waals surface area contributed by atoms with Gasteiger partial charge >= 0.3 is 5.69 Å². The molecule has 1 N–H and O–H groups in total. The van der Waals surface area contributed by atoms with Crippen molar-refractivity contribution in [3.8, 4) is 0 Å². The Morgan fingerprint density at radius 2 is 2.10 bits per heavy atom. The molecule has 0 radical (unpaired) electrons. The summed E-state index contributed by atoms with van der Waals surface area (Å²) in [5.41, 5.74) is 0.586. The Bertz CT molecular complexity index is 768. The summed E-state index contributed by atoms with van der Waals surface area (Å²) < 4.78 is 2.85. The second kappa shape index (κ2) is 5.52. The van der Waals surface area contributed by atoms with Gasteiger partial charge in [-0.25, -0.2) is 4.79 Å². The quantitative estimate of drug-likeness (QED) is 0.876. The van der Waals surface area contributed by atoms with Crippen LogP contribution in [0.25, 0.3) is 0 Å². The number of aryl methyl sites for hydroxylation is 1. The third-order valence-electron chi connectivity index (χ3n) is 4.18. The van der Waals surface area contributed by atoms with Crippen molar-refractivity contribution in [3.63, 3.8) is 0 Å². The van der Waals surface area contributed by atoms with Gasteiger partial charge in [-0.05, 0) is 24.8 Å². The Morgan fingerprint density at radius 1 is 1.38 bits per heavy atom. The molecule has 0 bridgehead atoms. The standard InChI is InChI=1S/C14H17ClN4O2/c1-18-10(6-7-16-18)8-19-13(20)11(9-4-2-3-5-9)12(15)17-14(19)21/h6-7,9H,2-5,8H2,1H3,(H,17,21). The summed E-state index contributed by atoms with van der Waals surface area (Å²) >= 11 is 6.11. The van der Waals surface area contributed by atoms with Gasteiger partial charge in [0.25, 0.3) is 5.56 Å². The Hall–Kier alpha value is -1.82. The van der Waals surface area contributed by atoms with Crippen LogP contribution in [0.3, 0.4) is 0 Å². The lowest BCUT2D eigenvalue weighted by atomic mass is 10.0. The second-order valence-corrected chi connectivity index (χ2v) is 5.85. The largest absolute Gasteiger partial charge is 0.329 e. The maximum absolute atomic E-state index is 12.7. The van der Waals surface area contributed by atoms with E-state index in [4.69, 9.17) is 11.6 Å². The van der Waals surface area contributed by atoms with Crippen molar-refractivity contribution in [2.45, 2.75) is 38.1 Å². The van der Waals surface area contributed by atoms with Gasteiger partial charge in [-0.2, -0.15) is 5.10 Å². The third-order valence-corrected chi connectivity index (χ3v) is 4.48. The summed E-state index contributed by atoms with van der Waals surface area (Å²) in [6.45, 7) is 0.196. The fourth-order valence-electron chi connectivity index (χ4n) is 2.99. The number of rotatable bonds is 3. The van der Waals surface area contributed by atoms with Crippen molar-refractivity contribution >= 4 is 11.6 Å². The molecule has 2 heterocycles. The van der Waals surface area contributed by atoms with Crippen LogP contribution in [0.5, 0.6) is 0 Å². The highest BCUT2D eigenvalue weighted by molar-refractivity contribution is 6.30. The predicted octanol–water partition coefficient (Wildman–Crippen LogP) is 1.63. The maximum Gasteiger partial charge on any atom is 0.329 e. The van der Waals surface area contributed by atoms with Gasteiger partial charge in [0.2, 0.25) is 0 Å². The second-order valence-electron chi connectivity index (χ2n) is 5.48. The molecule has 1 saturated carbocycles.